The van der Waals surface area contributed by atoms with Crippen LogP contribution >= 0.6 is 11.3 Å². The number of aryl methyl sites for hydroxylation is 3. The third kappa shape index (κ3) is 5.54. The van der Waals surface area contributed by atoms with Crippen molar-refractivity contribution in [3.8, 4) is 0 Å². The summed E-state index contributed by atoms with van der Waals surface area (Å²) in [5.74, 6) is 0.346. The molecule has 1 fully saturated rings. The molecular weight excluding hydrogens is 334 g/mol. The monoisotopic (exact) mass is 359 g/mol. The van der Waals surface area contributed by atoms with Crippen LogP contribution in [0.4, 0.5) is 0 Å². The van der Waals surface area contributed by atoms with E-state index in [0.29, 0.717) is 13.0 Å². The first-order valence-electron chi connectivity index (χ1n) is 7.87. The topological polar surface area (TPSA) is 79.4 Å². The highest BCUT2D eigenvalue weighted by Crippen LogP contribution is 2.17. The van der Waals surface area contributed by atoms with Gasteiger partial charge in [-0.3, -0.25) is 9.69 Å². The third-order valence-corrected chi connectivity index (χ3v) is 7.07. The number of amides is 1. The first-order valence-corrected chi connectivity index (χ1v) is 10.5. The summed E-state index contributed by atoms with van der Waals surface area (Å²) in [5, 5.41) is 4.01. The lowest BCUT2D eigenvalue weighted by Gasteiger charge is -2.22. The molecular formula is C15H25N3O3S2. The molecule has 1 aromatic rings. The first kappa shape index (κ1) is 18.4. The Hall–Kier alpha value is -0.990. The molecule has 6 nitrogen and oxygen atoms in total. The molecule has 0 unspecified atom stereocenters. The number of carbonyl (C=O) groups excluding carboxylic acids is 1. The van der Waals surface area contributed by atoms with Crippen LogP contribution in [0.5, 0.6) is 0 Å². The predicted molar refractivity (Wildman–Crippen MR) is 92.6 cm³/mol. The van der Waals surface area contributed by atoms with Crippen molar-refractivity contribution in [1.29, 1.82) is 0 Å². The summed E-state index contributed by atoms with van der Waals surface area (Å²) in [6.07, 6.45) is 2.35. The van der Waals surface area contributed by atoms with Crippen LogP contribution in [0.3, 0.4) is 0 Å². The SMILES string of the molecule is Cc1nc(CCCNC(=O)CN(C)[C@@H]2CCS(=O)(=O)C2)sc1C. The van der Waals surface area contributed by atoms with Crippen LogP contribution in [-0.2, 0) is 21.1 Å². The molecule has 1 saturated heterocycles. The molecule has 0 aliphatic carbocycles. The van der Waals surface area contributed by atoms with Gasteiger partial charge in [0, 0.05) is 23.9 Å². The van der Waals surface area contributed by atoms with Crippen molar-refractivity contribution in [1.82, 2.24) is 15.2 Å². The van der Waals surface area contributed by atoms with Gasteiger partial charge in [0.2, 0.25) is 5.91 Å². The van der Waals surface area contributed by atoms with Gasteiger partial charge in [0.05, 0.1) is 28.8 Å². The number of nitrogens with one attached hydrogen (secondary N) is 1. The van der Waals surface area contributed by atoms with Gasteiger partial charge in [0.1, 0.15) is 0 Å². The molecule has 1 aromatic heterocycles. The van der Waals surface area contributed by atoms with Crippen molar-refractivity contribution in [2.24, 2.45) is 0 Å². The molecule has 0 bridgehead atoms. The Morgan fingerprint density at radius 1 is 1.43 bits per heavy atom. The Kier molecular flexibility index (Phi) is 6.16. The fraction of sp³-hybridized carbons (Fsp3) is 0.733. The van der Waals surface area contributed by atoms with Gasteiger partial charge in [-0.15, -0.1) is 11.3 Å². The number of hydrogen-bond acceptors (Lipinski definition) is 6. The maximum absolute atomic E-state index is 11.9. The summed E-state index contributed by atoms with van der Waals surface area (Å²) in [4.78, 5) is 19.5. The van der Waals surface area contributed by atoms with Gasteiger partial charge in [0.15, 0.2) is 9.84 Å². The average Bonchev–Trinajstić information content (AvgIpc) is 2.98. The minimum Gasteiger partial charge on any atom is -0.355 e. The van der Waals surface area contributed by atoms with E-state index in [0.717, 1.165) is 23.5 Å². The quantitative estimate of drug-likeness (QED) is 0.733. The van der Waals surface area contributed by atoms with E-state index in [1.54, 1.807) is 11.3 Å². The van der Waals surface area contributed by atoms with Crippen LogP contribution in [-0.4, -0.2) is 61.9 Å². The van der Waals surface area contributed by atoms with E-state index in [4.69, 9.17) is 0 Å². The summed E-state index contributed by atoms with van der Waals surface area (Å²) in [5.41, 5.74) is 1.09. The zero-order valence-corrected chi connectivity index (χ0v) is 15.6. The number of nitrogens with zero attached hydrogens (tertiary/aromatic N) is 2. The van der Waals surface area contributed by atoms with Crippen molar-refractivity contribution >= 4 is 27.1 Å². The summed E-state index contributed by atoms with van der Waals surface area (Å²) >= 11 is 1.71. The summed E-state index contributed by atoms with van der Waals surface area (Å²) in [7, 11) is -1.10. The molecule has 130 valence electrons. The van der Waals surface area contributed by atoms with Crippen molar-refractivity contribution < 1.29 is 13.2 Å². The van der Waals surface area contributed by atoms with Crippen LogP contribution in [0.2, 0.25) is 0 Å². The molecule has 1 atom stereocenters. The Labute approximate surface area is 142 Å². The molecule has 0 aromatic carbocycles. The van der Waals surface area contributed by atoms with Gasteiger partial charge in [-0.1, -0.05) is 0 Å². The molecule has 0 radical (unpaired) electrons. The van der Waals surface area contributed by atoms with Crippen LogP contribution in [0, 0.1) is 13.8 Å². The zero-order chi connectivity index (χ0) is 17.0. The molecule has 1 N–H and O–H groups in total. The zero-order valence-electron chi connectivity index (χ0n) is 14.0. The number of aromatic nitrogens is 1. The van der Waals surface area contributed by atoms with E-state index in [1.165, 1.54) is 4.88 Å². The fourth-order valence-corrected chi connectivity index (χ4v) is 5.43. The largest absolute Gasteiger partial charge is 0.355 e. The van der Waals surface area contributed by atoms with Gasteiger partial charge < -0.3 is 5.32 Å². The second-order valence-electron chi connectivity index (χ2n) is 6.17. The second-order valence-corrected chi connectivity index (χ2v) is 9.69. The minimum atomic E-state index is -2.91. The van der Waals surface area contributed by atoms with Gasteiger partial charge in [0.25, 0.3) is 0 Å². The molecule has 1 aliphatic rings. The lowest BCUT2D eigenvalue weighted by molar-refractivity contribution is -0.122. The molecule has 0 spiro atoms. The Morgan fingerprint density at radius 2 is 2.17 bits per heavy atom. The van der Waals surface area contributed by atoms with Crippen molar-refractivity contribution in [3.05, 3.63) is 15.6 Å². The van der Waals surface area contributed by atoms with Crippen LogP contribution in [0.25, 0.3) is 0 Å². The maximum Gasteiger partial charge on any atom is 0.234 e. The molecule has 8 heteroatoms. The lowest BCUT2D eigenvalue weighted by atomic mass is 10.2. The average molecular weight is 360 g/mol. The van der Waals surface area contributed by atoms with Gasteiger partial charge in [-0.05, 0) is 33.7 Å². The van der Waals surface area contributed by atoms with Crippen LogP contribution in [0.15, 0.2) is 0 Å². The van der Waals surface area contributed by atoms with E-state index < -0.39 is 9.84 Å². The van der Waals surface area contributed by atoms with Crippen LogP contribution in [0.1, 0.15) is 28.4 Å². The van der Waals surface area contributed by atoms with E-state index in [2.05, 4.69) is 17.2 Å². The van der Waals surface area contributed by atoms with E-state index in [-0.39, 0.29) is 30.0 Å². The highest BCUT2D eigenvalue weighted by Gasteiger charge is 2.31. The molecule has 1 aliphatic heterocycles. The second kappa shape index (κ2) is 7.72. The highest BCUT2D eigenvalue weighted by molar-refractivity contribution is 7.91. The molecule has 0 saturated carbocycles. The van der Waals surface area contributed by atoms with Crippen molar-refractivity contribution in [3.63, 3.8) is 0 Å². The Bertz CT molecular complexity index is 635. The summed E-state index contributed by atoms with van der Waals surface area (Å²) in [6.45, 7) is 4.94. The summed E-state index contributed by atoms with van der Waals surface area (Å²) in [6, 6.07) is -0.0352. The molecule has 23 heavy (non-hydrogen) atoms. The van der Waals surface area contributed by atoms with E-state index >= 15 is 0 Å². The van der Waals surface area contributed by atoms with Gasteiger partial charge >= 0.3 is 0 Å². The third-order valence-electron chi connectivity index (χ3n) is 4.19. The number of carbonyl (C=O) groups is 1. The predicted octanol–water partition coefficient (Wildman–Crippen LogP) is 0.928. The maximum atomic E-state index is 11.9. The van der Waals surface area contributed by atoms with Crippen molar-refractivity contribution in [2.45, 2.75) is 39.2 Å². The molecule has 2 heterocycles. The lowest BCUT2D eigenvalue weighted by Crippen LogP contribution is -2.41. The molecule has 2 rings (SSSR count). The van der Waals surface area contributed by atoms with Crippen molar-refractivity contribution in [2.75, 3.05) is 31.6 Å². The van der Waals surface area contributed by atoms with E-state index in [1.807, 2.05) is 18.9 Å². The number of thiazole rings is 1. The fourth-order valence-electron chi connectivity index (χ4n) is 2.65. The molecule has 1 amide bonds. The summed E-state index contributed by atoms with van der Waals surface area (Å²) < 4.78 is 22.9. The number of sulfone groups is 1. The number of hydrogen-bond donors (Lipinski definition) is 1. The number of rotatable bonds is 7. The van der Waals surface area contributed by atoms with Crippen LogP contribution < -0.4 is 5.32 Å². The minimum absolute atomic E-state index is 0.0352. The number of likely N-dealkylation sites (N-methyl/N-ethyl adjacent to an activating group) is 1. The van der Waals surface area contributed by atoms with E-state index in [9.17, 15) is 13.2 Å². The normalized spacial score (nSPS) is 20.1. The smallest absolute Gasteiger partial charge is 0.234 e. The standard InChI is InChI=1S/C15H25N3O3S2/c1-11-12(2)22-15(17-11)5-4-7-16-14(19)9-18(3)13-6-8-23(20,21)10-13/h13H,4-10H2,1-3H3,(H,16,19)/t13-/m1/s1. The highest BCUT2D eigenvalue weighted by atomic mass is 32.2. The first-order chi connectivity index (χ1) is 10.8. The Morgan fingerprint density at radius 3 is 2.74 bits per heavy atom. The van der Waals surface area contributed by atoms with Gasteiger partial charge in [-0.2, -0.15) is 0 Å². The Balaban J connectivity index is 1.65. The van der Waals surface area contributed by atoms with Gasteiger partial charge in [-0.25, -0.2) is 13.4 Å².